The zero-order valence-corrected chi connectivity index (χ0v) is 5.88. The molecule has 1 saturated heterocycles. The summed E-state index contributed by atoms with van der Waals surface area (Å²) in [6.45, 7) is 1.53. The molecule has 0 unspecified atom stereocenters. The van der Waals surface area contributed by atoms with E-state index in [4.69, 9.17) is 0 Å². The largest absolute Gasteiger partial charge is 0.393 e. The Hall–Kier alpha value is -0.120. The van der Waals surface area contributed by atoms with Crippen molar-refractivity contribution in [3.05, 3.63) is 0 Å². The first-order chi connectivity index (χ1) is 4.71. The maximum absolute atomic E-state index is 9.78. The molecule has 0 radical (unpaired) electrons. The van der Waals surface area contributed by atoms with Crippen LogP contribution in [-0.4, -0.2) is 35.0 Å². The molecule has 0 aromatic carbocycles. The number of β-amino-alcohol motifs (C(OH)–C–C–N with tert-alkyl or cyclic N) is 1. The summed E-state index contributed by atoms with van der Waals surface area (Å²) in [4.78, 5) is 0. The van der Waals surface area contributed by atoms with Gasteiger partial charge in [-0.05, 0) is 6.42 Å². The Morgan fingerprint density at radius 3 is 3.00 bits per heavy atom. The van der Waals surface area contributed by atoms with Crippen LogP contribution in [0, 0.1) is 5.92 Å². The number of aliphatic hydroxyl groups excluding tert-OH is 1. The summed E-state index contributed by atoms with van der Waals surface area (Å²) in [6.07, 6.45) is 1.06. The third-order valence-electron chi connectivity index (χ3n) is 2.73. The molecule has 1 heterocycles. The van der Waals surface area contributed by atoms with Crippen molar-refractivity contribution in [2.45, 2.75) is 24.5 Å². The summed E-state index contributed by atoms with van der Waals surface area (Å²) in [6, 6.07) is 0. The maximum atomic E-state index is 9.78. The molecule has 1 aliphatic heterocycles. The normalized spacial score (nSPS) is 53.4. The predicted molar refractivity (Wildman–Crippen MR) is 36.6 cm³/mol. The summed E-state index contributed by atoms with van der Waals surface area (Å²) < 4.78 is 0. The molecule has 2 aliphatic rings. The Balaban J connectivity index is 2.15. The van der Waals surface area contributed by atoms with E-state index in [1.165, 1.54) is 0 Å². The first-order valence-corrected chi connectivity index (χ1v) is 3.82. The Kier molecular flexibility index (Phi) is 1.27. The van der Waals surface area contributed by atoms with Crippen molar-refractivity contribution in [2.75, 3.05) is 13.1 Å². The van der Waals surface area contributed by atoms with Gasteiger partial charge in [0.15, 0.2) is 0 Å². The molecule has 2 rings (SSSR count). The molecule has 1 aliphatic carbocycles. The number of hydrogen-bond donors (Lipinski definition) is 3. The first-order valence-electron chi connectivity index (χ1n) is 3.82. The van der Waals surface area contributed by atoms with E-state index in [1.807, 2.05) is 0 Å². The van der Waals surface area contributed by atoms with Crippen LogP contribution in [0.15, 0.2) is 0 Å². The minimum atomic E-state index is -0.584. The van der Waals surface area contributed by atoms with Crippen molar-refractivity contribution in [1.82, 2.24) is 5.32 Å². The molecule has 3 heteroatoms. The monoisotopic (exact) mass is 143 g/mol. The molecule has 0 amide bonds. The zero-order chi connectivity index (χ0) is 7.19. The molecule has 0 aromatic heterocycles. The smallest absolute Gasteiger partial charge is 0.0837 e. The highest BCUT2D eigenvalue weighted by atomic mass is 16.3. The standard InChI is InChI=1S/C7H13NO2/c9-6-1-5-3-8-4-7(5,10)2-6/h5-6,8-10H,1-4H2/t5-,6-,7-/m0/s1. The van der Waals surface area contributed by atoms with Gasteiger partial charge >= 0.3 is 0 Å². The summed E-state index contributed by atoms with van der Waals surface area (Å²) in [5.41, 5.74) is -0.584. The summed E-state index contributed by atoms with van der Waals surface area (Å²) in [7, 11) is 0. The zero-order valence-electron chi connectivity index (χ0n) is 5.88. The van der Waals surface area contributed by atoms with Gasteiger partial charge in [0.2, 0.25) is 0 Å². The molecule has 0 aromatic rings. The van der Waals surface area contributed by atoms with Crippen LogP contribution < -0.4 is 5.32 Å². The molecule has 2 fully saturated rings. The van der Waals surface area contributed by atoms with Gasteiger partial charge in [0.1, 0.15) is 0 Å². The van der Waals surface area contributed by atoms with Crippen molar-refractivity contribution in [1.29, 1.82) is 0 Å². The molecular weight excluding hydrogens is 130 g/mol. The predicted octanol–water partition coefficient (Wildman–Crippen LogP) is -0.908. The van der Waals surface area contributed by atoms with E-state index >= 15 is 0 Å². The third kappa shape index (κ3) is 0.779. The van der Waals surface area contributed by atoms with Crippen molar-refractivity contribution >= 4 is 0 Å². The van der Waals surface area contributed by atoms with Gasteiger partial charge in [-0.2, -0.15) is 0 Å². The Bertz CT molecular complexity index is 151. The van der Waals surface area contributed by atoms with Crippen LogP contribution in [0.2, 0.25) is 0 Å². The average Bonchev–Trinajstić information content (AvgIpc) is 2.20. The van der Waals surface area contributed by atoms with E-state index in [-0.39, 0.29) is 6.10 Å². The molecule has 1 saturated carbocycles. The molecule has 0 spiro atoms. The van der Waals surface area contributed by atoms with Gasteiger partial charge in [-0.15, -0.1) is 0 Å². The van der Waals surface area contributed by atoms with Gasteiger partial charge in [0.05, 0.1) is 11.7 Å². The van der Waals surface area contributed by atoms with Crippen molar-refractivity contribution in [2.24, 2.45) is 5.92 Å². The van der Waals surface area contributed by atoms with Crippen LogP contribution in [0.25, 0.3) is 0 Å². The minimum Gasteiger partial charge on any atom is -0.393 e. The Morgan fingerprint density at radius 2 is 2.30 bits per heavy atom. The fourth-order valence-corrected chi connectivity index (χ4v) is 2.16. The second kappa shape index (κ2) is 1.94. The van der Waals surface area contributed by atoms with Crippen LogP contribution in [0.4, 0.5) is 0 Å². The van der Waals surface area contributed by atoms with Crippen molar-refractivity contribution < 1.29 is 10.2 Å². The second-order valence-electron chi connectivity index (χ2n) is 3.53. The molecule has 3 nitrogen and oxygen atoms in total. The van der Waals surface area contributed by atoms with E-state index in [9.17, 15) is 10.2 Å². The third-order valence-corrected chi connectivity index (χ3v) is 2.73. The SMILES string of the molecule is O[C@H]1C[C@H]2CNC[C@@]2(O)C1. The van der Waals surface area contributed by atoms with Crippen molar-refractivity contribution in [3.8, 4) is 0 Å². The highest BCUT2D eigenvalue weighted by Gasteiger charge is 2.48. The lowest BCUT2D eigenvalue weighted by atomic mass is 9.95. The number of rotatable bonds is 0. The number of aliphatic hydroxyl groups is 2. The Labute approximate surface area is 60.1 Å². The van der Waals surface area contributed by atoms with E-state index in [1.54, 1.807) is 0 Å². The van der Waals surface area contributed by atoms with E-state index < -0.39 is 5.60 Å². The van der Waals surface area contributed by atoms with E-state index in [2.05, 4.69) is 5.32 Å². The van der Waals surface area contributed by atoms with Crippen molar-refractivity contribution in [3.63, 3.8) is 0 Å². The van der Waals surface area contributed by atoms with Gasteiger partial charge in [-0.25, -0.2) is 0 Å². The van der Waals surface area contributed by atoms with Crippen LogP contribution in [0.3, 0.4) is 0 Å². The molecule has 3 N–H and O–H groups in total. The van der Waals surface area contributed by atoms with E-state index in [0.717, 1.165) is 13.0 Å². The maximum Gasteiger partial charge on any atom is 0.0837 e. The molecule has 3 atom stereocenters. The Morgan fingerprint density at radius 1 is 1.50 bits per heavy atom. The molecule has 58 valence electrons. The molecule has 0 bridgehead atoms. The number of nitrogens with one attached hydrogen (secondary N) is 1. The number of hydrogen-bond acceptors (Lipinski definition) is 3. The van der Waals surface area contributed by atoms with Crippen LogP contribution in [0.1, 0.15) is 12.8 Å². The summed E-state index contributed by atoms with van der Waals surface area (Å²) in [5.74, 6) is 0.294. The molecule has 10 heavy (non-hydrogen) atoms. The summed E-state index contributed by atoms with van der Waals surface area (Å²) in [5, 5.41) is 22.1. The fraction of sp³-hybridized carbons (Fsp3) is 1.00. The van der Waals surface area contributed by atoms with E-state index in [0.29, 0.717) is 18.9 Å². The van der Waals surface area contributed by atoms with Crippen LogP contribution in [-0.2, 0) is 0 Å². The second-order valence-corrected chi connectivity index (χ2v) is 3.53. The highest BCUT2D eigenvalue weighted by molar-refractivity contribution is 5.02. The lowest BCUT2D eigenvalue weighted by molar-refractivity contribution is 0.0282. The van der Waals surface area contributed by atoms with Gasteiger partial charge < -0.3 is 15.5 Å². The summed E-state index contributed by atoms with van der Waals surface area (Å²) >= 11 is 0. The van der Waals surface area contributed by atoms with Gasteiger partial charge in [0, 0.05) is 25.4 Å². The lowest BCUT2D eigenvalue weighted by Crippen LogP contribution is -2.33. The van der Waals surface area contributed by atoms with Gasteiger partial charge in [0.25, 0.3) is 0 Å². The quantitative estimate of drug-likeness (QED) is 0.411. The minimum absolute atomic E-state index is 0.267. The van der Waals surface area contributed by atoms with Crippen LogP contribution >= 0.6 is 0 Å². The average molecular weight is 143 g/mol. The molecular formula is C7H13NO2. The highest BCUT2D eigenvalue weighted by Crippen LogP contribution is 2.37. The lowest BCUT2D eigenvalue weighted by Gasteiger charge is -2.19. The number of fused-ring (bicyclic) bond motifs is 1. The van der Waals surface area contributed by atoms with Crippen LogP contribution in [0.5, 0.6) is 0 Å². The topological polar surface area (TPSA) is 52.5 Å². The van der Waals surface area contributed by atoms with Gasteiger partial charge in [-0.3, -0.25) is 0 Å². The first kappa shape index (κ1) is 6.58. The fourth-order valence-electron chi connectivity index (χ4n) is 2.16. The van der Waals surface area contributed by atoms with Gasteiger partial charge in [-0.1, -0.05) is 0 Å².